The largest absolute Gasteiger partial charge is 0.357 e. The fourth-order valence-corrected chi connectivity index (χ4v) is 2.76. The van der Waals surface area contributed by atoms with Crippen LogP contribution in [0.25, 0.3) is 0 Å². The first kappa shape index (κ1) is 10.7. The summed E-state index contributed by atoms with van der Waals surface area (Å²) >= 11 is 3.18. The zero-order valence-corrected chi connectivity index (χ0v) is 10.1. The molecule has 0 amide bonds. The Kier molecular flexibility index (Phi) is 3.44. The highest BCUT2D eigenvalue weighted by molar-refractivity contribution is 8.01. The molecule has 2 rings (SSSR count). The van der Waals surface area contributed by atoms with E-state index in [1.165, 1.54) is 12.8 Å². The van der Waals surface area contributed by atoms with E-state index < -0.39 is 0 Å². The first-order chi connectivity index (χ1) is 7.28. The summed E-state index contributed by atoms with van der Waals surface area (Å²) in [5.41, 5.74) is 0. The lowest BCUT2D eigenvalue weighted by molar-refractivity contribution is 0.862. The molecule has 0 spiro atoms. The molecule has 1 heterocycles. The molecular formula is C9H12N4S2. The third kappa shape index (κ3) is 3.36. The average Bonchev–Trinajstić information content (AvgIpc) is 2.93. The van der Waals surface area contributed by atoms with Crippen molar-refractivity contribution in [3.8, 4) is 6.07 Å². The number of nitrogens with zero attached hydrogens (tertiary/aromatic N) is 3. The van der Waals surface area contributed by atoms with E-state index in [9.17, 15) is 0 Å². The summed E-state index contributed by atoms with van der Waals surface area (Å²) in [6, 6.07) is 2.82. The summed E-state index contributed by atoms with van der Waals surface area (Å²) < 4.78 is 0.945. The molecule has 80 valence electrons. The Bertz CT molecular complexity index is 366. The van der Waals surface area contributed by atoms with Gasteiger partial charge in [-0.05, 0) is 19.8 Å². The number of thioether (sulfide) groups is 1. The van der Waals surface area contributed by atoms with E-state index in [1.54, 1.807) is 23.1 Å². The van der Waals surface area contributed by atoms with Crippen LogP contribution >= 0.6 is 23.1 Å². The van der Waals surface area contributed by atoms with Gasteiger partial charge >= 0.3 is 0 Å². The molecule has 0 aliphatic heterocycles. The van der Waals surface area contributed by atoms with Crippen molar-refractivity contribution >= 4 is 28.2 Å². The normalized spacial score (nSPS) is 17.1. The van der Waals surface area contributed by atoms with Gasteiger partial charge in [0.2, 0.25) is 5.13 Å². The first-order valence-corrected chi connectivity index (χ1v) is 6.70. The van der Waals surface area contributed by atoms with Gasteiger partial charge in [-0.15, -0.1) is 10.2 Å². The summed E-state index contributed by atoms with van der Waals surface area (Å²) in [6.45, 7) is 1.91. The highest BCUT2D eigenvalue weighted by Crippen LogP contribution is 2.30. The number of aromatic nitrogens is 2. The van der Waals surface area contributed by atoms with E-state index in [0.29, 0.717) is 6.04 Å². The molecule has 0 radical (unpaired) electrons. The maximum Gasteiger partial charge on any atom is 0.206 e. The highest BCUT2D eigenvalue weighted by atomic mass is 32.2. The predicted octanol–water partition coefficient (Wildman–Crippen LogP) is 2.36. The fourth-order valence-electron chi connectivity index (χ4n) is 0.962. The van der Waals surface area contributed by atoms with Gasteiger partial charge in [-0.1, -0.05) is 23.1 Å². The molecule has 1 aromatic rings. The zero-order valence-electron chi connectivity index (χ0n) is 8.43. The Labute approximate surface area is 97.1 Å². The van der Waals surface area contributed by atoms with E-state index in [4.69, 9.17) is 5.26 Å². The van der Waals surface area contributed by atoms with Gasteiger partial charge in [0.25, 0.3) is 0 Å². The molecule has 1 aromatic heterocycles. The van der Waals surface area contributed by atoms with E-state index >= 15 is 0 Å². The molecule has 6 heteroatoms. The van der Waals surface area contributed by atoms with E-state index in [2.05, 4.69) is 21.6 Å². The number of rotatable bonds is 5. The Morgan fingerprint density at radius 1 is 1.67 bits per heavy atom. The number of nitriles is 1. The lowest BCUT2D eigenvalue weighted by atomic mass is 10.3. The van der Waals surface area contributed by atoms with Gasteiger partial charge in [-0.2, -0.15) is 5.26 Å². The van der Waals surface area contributed by atoms with Crippen LogP contribution in [0.3, 0.4) is 0 Å². The van der Waals surface area contributed by atoms with Crippen LogP contribution in [0.4, 0.5) is 5.13 Å². The molecule has 4 nitrogen and oxygen atoms in total. The van der Waals surface area contributed by atoms with Gasteiger partial charge in [-0.25, -0.2) is 0 Å². The second kappa shape index (κ2) is 4.81. The lowest BCUT2D eigenvalue weighted by Gasteiger charge is -1.97. The molecule has 0 unspecified atom stereocenters. The molecule has 1 aliphatic carbocycles. The van der Waals surface area contributed by atoms with E-state index in [1.807, 2.05) is 6.92 Å². The van der Waals surface area contributed by atoms with Crippen LogP contribution in [0.15, 0.2) is 4.34 Å². The van der Waals surface area contributed by atoms with Crippen LogP contribution in [0.5, 0.6) is 0 Å². The molecule has 1 aliphatic rings. The molecule has 15 heavy (non-hydrogen) atoms. The smallest absolute Gasteiger partial charge is 0.206 e. The summed E-state index contributed by atoms with van der Waals surface area (Å²) in [6.07, 6.45) is 2.49. The van der Waals surface area contributed by atoms with Crippen molar-refractivity contribution in [2.75, 3.05) is 11.1 Å². The maximum atomic E-state index is 8.64. The topological polar surface area (TPSA) is 61.6 Å². The van der Waals surface area contributed by atoms with Gasteiger partial charge in [-0.3, -0.25) is 0 Å². The Morgan fingerprint density at radius 2 is 2.47 bits per heavy atom. The minimum atomic E-state index is 0.0683. The van der Waals surface area contributed by atoms with Gasteiger partial charge in [0.05, 0.1) is 12.0 Å². The van der Waals surface area contributed by atoms with Crippen molar-refractivity contribution in [1.29, 1.82) is 5.26 Å². The number of hydrogen-bond acceptors (Lipinski definition) is 6. The predicted molar refractivity (Wildman–Crippen MR) is 62.1 cm³/mol. The van der Waals surface area contributed by atoms with Crippen molar-refractivity contribution in [2.24, 2.45) is 5.92 Å². The fraction of sp³-hybridized carbons (Fsp3) is 0.667. The molecular weight excluding hydrogens is 228 g/mol. The third-order valence-corrected chi connectivity index (χ3v) is 4.24. The average molecular weight is 240 g/mol. The molecule has 0 aromatic carbocycles. The standard InChI is InChI=1S/C9H12N4S2/c1-6(4-10)5-14-9-13-12-8(15-9)11-7-2-3-7/h6-7H,2-3,5H2,1H3,(H,11,12)/t6-/m0/s1. The van der Waals surface area contributed by atoms with Gasteiger partial charge in [0.15, 0.2) is 4.34 Å². The van der Waals surface area contributed by atoms with Gasteiger partial charge in [0.1, 0.15) is 0 Å². The molecule has 1 N–H and O–H groups in total. The van der Waals surface area contributed by atoms with Crippen molar-refractivity contribution in [3.05, 3.63) is 0 Å². The van der Waals surface area contributed by atoms with Crippen molar-refractivity contribution in [2.45, 2.75) is 30.1 Å². The lowest BCUT2D eigenvalue weighted by Crippen LogP contribution is -1.99. The monoisotopic (exact) mass is 240 g/mol. The number of nitrogens with one attached hydrogen (secondary N) is 1. The maximum absolute atomic E-state index is 8.64. The Hall–Kier alpha value is -0.800. The quantitative estimate of drug-likeness (QED) is 0.801. The first-order valence-electron chi connectivity index (χ1n) is 4.90. The second-order valence-corrected chi connectivity index (χ2v) is 5.88. The van der Waals surface area contributed by atoms with Gasteiger partial charge < -0.3 is 5.32 Å². The minimum absolute atomic E-state index is 0.0683. The SMILES string of the molecule is C[C@@H](C#N)CSc1nnc(NC2CC2)s1. The van der Waals surface area contributed by atoms with Crippen LogP contribution in [-0.4, -0.2) is 22.0 Å². The summed E-state index contributed by atoms with van der Waals surface area (Å²) in [4.78, 5) is 0. The van der Waals surface area contributed by atoms with Crippen molar-refractivity contribution < 1.29 is 0 Å². The number of hydrogen-bond donors (Lipinski definition) is 1. The minimum Gasteiger partial charge on any atom is -0.357 e. The second-order valence-electron chi connectivity index (χ2n) is 3.63. The number of anilines is 1. The molecule has 1 atom stereocenters. The molecule has 1 fully saturated rings. The van der Waals surface area contributed by atoms with Crippen LogP contribution in [0.1, 0.15) is 19.8 Å². The highest BCUT2D eigenvalue weighted by Gasteiger charge is 2.22. The summed E-state index contributed by atoms with van der Waals surface area (Å²) in [7, 11) is 0. The van der Waals surface area contributed by atoms with Crippen LogP contribution in [0, 0.1) is 17.2 Å². The Morgan fingerprint density at radius 3 is 3.13 bits per heavy atom. The van der Waals surface area contributed by atoms with Crippen molar-refractivity contribution in [3.63, 3.8) is 0 Å². The molecule has 0 bridgehead atoms. The van der Waals surface area contributed by atoms with Gasteiger partial charge in [0, 0.05) is 11.8 Å². The zero-order chi connectivity index (χ0) is 10.7. The van der Waals surface area contributed by atoms with E-state index in [0.717, 1.165) is 15.2 Å². The molecule has 1 saturated carbocycles. The summed E-state index contributed by atoms with van der Waals surface area (Å²) in [5, 5.41) is 21.0. The van der Waals surface area contributed by atoms with Crippen LogP contribution < -0.4 is 5.32 Å². The van der Waals surface area contributed by atoms with Crippen LogP contribution in [-0.2, 0) is 0 Å². The molecule has 0 saturated heterocycles. The summed E-state index contributed by atoms with van der Waals surface area (Å²) in [5.74, 6) is 0.855. The van der Waals surface area contributed by atoms with E-state index in [-0.39, 0.29) is 5.92 Å². The third-order valence-electron chi connectivity index (χ3n) is 1.99. The van der Waals surface area contributed by atoms with Crippen molar-refractivity contribution in [1.82, 2.24) is 10.2 Å². The van der Waals surface area contributed by atoms with Crippen LogP contribution in [0.2, 0.25) is 0 Å². The Balaban J connectivity index is 1.81.